The molecule has 0 radical (unpaired) electrons. The third-order valence-electron chi connectivity index (χ3n) is 4.77. The first kappa shape index (κ1) is 21.8. The molecule has 3 rings (SSSR count). The van der Waals surface area contributed by atoms with Crippen LogP contribution in [-0.2, 0) is 11.3 Å². The molecule has 0 fully saturated rings. The predicted molar refractivity (Wildman–Crippen MR) is 122 cm³/mol. The van der Waals surface area contributed by atoms with Gasteiger partial charge in [0.05, 0.1) is 17.8 Å². The standard InChI is InChI=1S/C25H25N3O3/c1-17-11-13-19(14-12-17)15-27-25(31)21-8-4-6-10-23(21)28-24(30)16-26-22-9-5-3-7-20(22)18(2)29/h3-14,26H,15-16H2,1-2H3,(H,27,31)(H,28,30). The normalized spacial score (nSPS) is 10.3. The number of carbonyl (C=O) groups excluding carboxylic acids is 3. The van der Waals surface area contributed by atoms with E-state index in [0.29, 0.717) is 29.0 Å². The number of amides is 2. The van der Waals surface area contributed by atoms with Gasteiger partial charge >= 0.3 is 0 Å². The summed E-state index contributed by atoms with van der Waals surface area (Å²) in [5, 5.41) is 8.63. The number of carbonyl (C=O) groups is 3. The van der Waals surface area contributed by atoms with Crippen molar-refractivity contribution < 1.29 is 14.4 Å². The quantitative estimate of drug-likeness (QED) is 0.482. The third-order valence-corrected chi connectivity index (χ3v) is 4.77. The Labute approximate surface area is 181 Å². The number of hydrogen-bond donors (Lipinski definition) is 3. The van der Waals surface area contributed by atoms with Crippen molar-refractivity contribution >= 4 is 29.0 Å². The summed E-state index contributed by atoms with van der Waals surface area (Å²) in [5.74, 6) is -0.678. The Morgan fingerprint density at radius 2 is 1.39 bits per heavy atom. The zero-order valence-corrected chi connectivity index (χ0v) is 17.6. The maximum atomic E-state index is 12.7. The van der Waals surface area contributed by atoms with E-state index in [4.69, 9.17) is 0 Å². The first-order valence-electron chi connectivity index (χ1n) is 10.0. The van der Waals surface area contributed by atoms with E-state index in [1.165, 1.54) is 6.92 Å². The molecule has 0 spiro atoms. The van der Waals surface area contributed by atoms with E-state index in [1.807, 2.05) is 31.2 Å². The second-order valence-corrected chi connectivity index (χ2v) is 7.22. The molecule has 6 nitrogen and oxygen atoms in total. The van der Waals surface area contributed by atoms with Crippen LogP contribution in [0.5, 0.6) is 0 Å². The maximum absolute atomic E-state index is 12.7. The van der Waals surface area contributed by atoms with Gasteiger partial charge in [0.2, 0.25) is 5.91 Å². The van der Waals surface area contributed by atoms with E-state index < -0.39 is 0 Å². The number of nitrogens with one attached hydrogen (secondary N) is 3. The van der Waals surface area contributed by atoms with Gasteiger partial charge in [-0.05, 0) is 43.7 Å². The van der Waals surface area contributed by atoms with E-state index in [-0.39, 0.29) is 24.1 Å². The van der Waals surface area contributed by atoms with Crippen LogP contribution < -0.4 is 16.0 Å². The highest BCUT2D eigenvalue weighted by molar-refractivity contribution is 6.05. The van der Waals surface area contributed by atoms with Crippen LogP contribution in [-0.4, -0.2) is 24.1 Å². The van der Waals surface area contributed by atoms with Crippen molar-refractivity contribution in [2.24, 2.45) is 0 Å². The average molecular weight is 415 g/mol. The molecule has 0 saturated carbocycles. The first-order valence-corrected chi connectivity index (χ1v) is 10.0. The smallest absolute Gasteiger partial charge is 0.253 e. The van der Waals surface area contributed by atoms with Gasteiger partial charge in [0.15, 0.2) is 5.78 Å². The number of aryl methyl sites for hydroxylation is 1. The summed E-state index contributed by atoms with van der Waals surface area (Å²) in [6.07, 6.45) is 0. The number of anilines is 2. The number of ketones is 1. The fourth-order valence-electron chi connectivity index (χ4n) is 3.09. The molecule has 0 aromatic heterocycles. The summed E-state index contributed by atoms with van der Waals surface area (Å²) in [6, 6.07) is 21.8. The molecule has 6 heteroatoms. The lowest BCUT2D eigenvalue weighted by Crippen LogP contribution is -2.27. The molecule has 158 valence electrons. The summed E-state index contributed by atoms with van der Waals surface area (Å²) >= 11 is 0. The molecule has 3 N–H and O–H groups in total. The molecule has 0 bridgehead atoms. The van der Waals surface area contributed by atoms with E-state index in [2.05, 4.69) is 16.0 Å². The van der Waals surface area contributed by atoms with E-state index in [9.17, 15) is 14.4 Å². The van der Waals surface area contributed by atoms with Gasteiger partial charge in [-0.25, -0.2) is 0 Å². The van der Waals surface area contributed by atoms with Crippen molar-refractivity contribution in [1.29, 1.82) is 0 Å². The summed E-state index contributed by atoms with van der Waals surface area (Å²) < 4.78 is 0. The molecule has 0 aliphatic carbocycles. The molecule has 0 aliphatic rings. The molecular weight excluding hydrogens is 390 g/mol. The second-order valence-electron chi connectivity index (χ2n) is 7.22. The number of para-hydroxylation sites is 2. The van der Waals surface area contributed by atoms with Crippen LogP contribution in [0, 0.1) is 6.92 Å². The molecule has 0 unspecified atom stereocenters. The molecule has 3 aromatic rings. The molecule has 0 atom stereocenters. The van der Waals surface area contributed by atoms with Crippen LogP contribution in [0.25, 0.3) is 0 Å². The van der Waals surface area contributed by atoms with Gasteiger partial charge in [-0.15, -0.1) is 0 Å². The summed E-state index contributed by atoms with van der Waals surface area (Å²) in [7, 11) is 0. The third kappa shape index (κ3) is 6.02. The van der Waals surface area contributed by atoms with Crippen LogP contribution in [0.1, 0.15) is 38.8 Å². The van der Waals surface area contributed by atoms with Gasteiger partial charge < -0.3 is 16.0 Å². The van der Waals surface area contributed by atoms with Crippen LogP contribution in [0.2, 0.25) is 0 Å². The van der Waals surface area contributed by atoms with Crippen molar-refractivity contribution in [3.63, 3.8) is 0 Å². The van der Waals surface area contributed by atoms with Gasteiger partial charge in [0.25, 0.3) is 5.91 Å². The van der Waals surface area contributed by atoms with Crippen molar-refractivity contribution in [3.05, 3.63) is 95.1 Å². The molecule has 3 aromatic carbocycles. The number of benzene rings is 3. The van der Waals surface area contributed by atoms with Gasteiger partial charge in [-0.2, -0.15) is 0 Å². The Hall–Kier alpha value is -3.93. The van der Waals surface area contributed by atoms with Crippen LogP contribution in [0.4, 0.5) is 11.4 Å². The highest BCUT2D eigenvalue weighted by atomic mass is 16.2. The van der Waals surface area contributed by atoms with Gasteiger partial charge in [-0.1, -0.05) is 54.1 Å². The second kappa shape index (κ2) is 10.2. The van der Waals surface area contributed by atoms with Crippen molar-refractivity contribution in [2.75, 3.05) is 17.2 Å². The van der Waals surface area contributed by atoms with Gasteiger partial charge in [0, 0.05) is 17.8 Å². The van der Waals surface area contributed by atoms with Crippen LogP contribution in [0.15, 0.2) is 72.8 Å². The first-order chi connectivity index (χ1) is 14.9. The molecule has 2 amide bonds. The van der Waals surface area contributed by atoms with Crippen LogP contribution >= 0.6 is 0 Å². The van der Waals surface area contributed by atoms with Crippen molar-refractivity contribution in [2.45, 2.75) is 20.4 Å². The van der Waals surface area contributed by atoms with E-state index in [0.717, 1.165) is 11.1 Å². The molecule has 0 aliphatic heterocycles. The molecular formula is C25H25N3O3. The lowest BCUT2D eigenvalue weighted by Gasteiger charge is -2.13. The fourth-order valence-corrected chi connectivity index (χ4v) is 3.09. The lowest BCUT2D eigenvalue weighted by molar-refractivity contribution is -0.114. The zero-order valence-electron chi connectivity index (χ0n) is 17.6. The number of hydrogen-bond acceptors (Lipinski definition) is 4. The maximum Gasteiger partial charge on any atom is 0.253 e. The minimum atomic E-state index is -0.322. The van der Waals surface area contributed by atoms with Crippen LogP contribution in [0.3, 0.4) is 0 Å². The summed E-state index contributed by atoms with van der Waals surface area (Å²) in [6.45, 7) is 3.84. The number of Topliss-reactive ketones (excluding diaryl/α,β-unsaturated/α-hetero) is 1. The average Bonchev–Trinajstić information content (AvgIpc) is 2.77. The largest absolute Gasteiger partial charge is 0.376 e. The molecule has 31 heavy (non-hydrogen) atoms. The summed E-state index contributed by atoms with van der Waals surface area (Å²) in [5.41, 5.74) is 4.07. The Morgan fingerprint density at radius 3 is 2.06 bits per heavy atom. The highest BCUT2D eigenvalue weighted by Crippen LogP contribution is 2.17. The number of rotatable bonds is 8. The highest BCUT2D eigenvalue weighted by Gasteiger charge is 2.14. The SMILES string of the molecule is CC(=O)c1ccccc1NCC(=O)Nc1ccccc1C(=O)NCc1ccc(C)cc1. The van der Waals surface area contributed by atoms with Crippen molar-refractivity contribution in [1.82, 2.24) is 5.32 Å². The minimum Gasteiger partial charge on any atom is -0.376 e. The Balaban J connectivity index is 1.62. The Morgan fingerprint density at radius 1 is 0.774 bits per heavy atom. The Bertz CT molecular complexity index is 1090. The Kier molecular flexibility index (Phi) is 7.17. The van der Waals surface area contributed by atoms with Gasteiger partial charge in [0.1, 0.15) is 0 Å². The van der Waals surface area contributed by atoms with E-state index >= 15 is 0 Å². The summed E-state index contributed by atoms with van der Waals surface area (Å²) in [4.78, 5) is 36.9. The fraction of sp³-hybridized carbons (Fsp3) is 0.160. The van der Waals surface area contributed by atoms with E-state index in [1.54, 1.807) is 48.5 Å². The molecule has 0 heterocycles. The van der Waals surface area contributed by atoms with Crippen molar-refractivity contribution in [3.8, 4) is 0 Å². The minimum absolute atomic E-state index is 0.0381. The lowest BCUT2D eigenvalue weighted by atomic mass is 10.1. The molecule has 0 saturated heterocycles. The predicted octanol–water partition coefficient (Wildman–Crippen LogP) is 4.18. The van der Waals surface area contributed by atoms with Gasteiger partial charge in [-0.3, -0.25) is 14.4 Å². The zero-order chi connectivity index (χ0) is 22.2. The monoisotopic (exact) mass is 415 g/mol. The topological polar surface area (TPSA) is 87.3 Å².